The minimum absolute atomic E-state index is 0.0827. The maximum absolute atomic E-state index is 13.9. The molecule has 9 heteroatoms. The number of aliphatic carboxylic acids is 1. The number of urea groups is 1. The average molecular weight is 397 g/mol. The van der Waals surface area contributed by atoms with Crippen molar-refractivity contribution in [3.8, 4) is 0 Å². The van der Waals surface area contributed by atoms with Crippen LogP contribution < -0.4 is 5.32 Å². The van der Waals surface area contributed by atoms with E-state index in [4.69, 9.17) is 0 Å². The van der Waals surface area contributed by atoms with Gasteiger partial charge < -0.3 is 20.2 Å². The van der Waals surface area contributed by atoms with E-state index in [-0.39, 0.29) is 11.6 Å². The number of hydrogen-bond donors (Lipinski definition) is 2. The van der Waals surface area contributed by atoms with E-state index in [0.717, 1.165) is 12.1 Å². The Balaban J connectivity index is 2.00. The summed E-state index contributed by atoms with van der Waals surface area (Å²) in [7, 11) is 0. The summed E-state index contributed by atoms with van der Waals surface area (Å²) in [6.45, 7) is 5.75. The van der Waals surface area contributed by atoms with Gasteiger partial charge in [-0.05, 0) is 32.8 Å². The van der Waals surface area contributed by atoms with Crippen molar-refractivity contribution < 1.29 is 28.3 Å². The van der Waals surface area contributed by atoms with Crippen molar-refractivity contribution in [3.63, 3.8) is 0 Å². The van der Waals surface area contributed by atoms with Crippen molar-refractivity contribution >= 4 is 17.9 Å². The molecule has 0 bridgehead atoms. The third-order valence-corrected chi connectivity index (χ3v) is 4.98. The van der Waals surface area contributed by atoms with Crippen molar-refractivity contribution in [3.05, 3.63) is 35.4 Å². The molecule has 1 aromatic rings. The lowest BCUT2D eigenvalue weighted by molar-refractivity contribution is -0.143. The summed E-state index contributed by atoms with van der Waals surface area (Å²) in [6.07, 6.45) is 0.772. The molecular weight excluding hydrogens is 372 g/mol. The number of likely N-dealkylation sites (tertiary alicyclic amines) is 1. The smallest absolute Gasteiger partial charge is 0.331 e. The fraction of sp³-hybridized carbons (Fsp3) is 0.526. The predicted octanol–water partition coefficient (Wildman–Crippen LogP) is 2.38. The van der Waals surface area contributed by atoms with E-state index in [0.29, 0.717) is 45.1 Å². The summed E-state index contributed by atoms with van der Waals surface area (Å²) < 4.78 is 27.0. The molecule has 154 valence electrons. The van der Waals surface area contributed by atoms with Gasteiger partial charge in [0, 0.05) is 43.7 Å². The molecule has 2 rings (SSSR count). The molecule has 28 heavy (non-hydrogen) atoms. The van der Waals surface area contributed by atoms with Gasteiger partial charge >= 0.3 is 12.0 Å². The highest BCUT2D eigenvalue weighted by Gasteiger charge is 2.32. The molecule has 0 spiro atoms. The second-order valence-electron chi connectivity index (χ2n) is 6.66. The van der Waals surface area contributed by atoms with Crippen molar-refractivity contribution in [1.82, 2.24) is 15.1 Å². The second kappa shape index (κ2) is 9.48. The number of nitrogens with one attached hydrogen (secondary N) is 1. The molecule has 1 aliphatic heterocycles. The van der Waals surface area contributed by atoms with Gasteiger partial charge in [-0.15, -0.1) is 0 Å². The molecule has 0 aromatic heterocycles. The molecule has 0 unspecified atom stereocenters. The number of piperidine rings is 1. The topological polar surface area (TPSA) is 90.0 Å². The third kappa shape index (κ3) is 4.96. The monoisotopic (exact) mass is 397 g/mol. The largest absolute Gasteiger partial charge is 0.479 e. The van der Waals surface area contributed by atoms with Gasteiger partial charge in [-0.3, -0.25) is 4.79 Å². The van der Waals surface area contributed by atoms with Crippen LogP contribution in [0.5, 0.6) is 0 Å². The van der Waals surface area contributed by atoms with E-state index >= 15 is 0 Å². The zero-order valence-corrected chi connectivity index (χ0v) is 16.0. The average Bonchev–Trinajstić information content (AvgIpc) is 2.67. The number of nitrogens with zero attached hydrogens (tertiary/aromatic N) is 2. The van der Waals surface area contributed by atoms with Crippen LogP contribution in [0.25, 0.3) is 0 Å². The Morgan fingerprint density at radius 2 is 1.82 bits per heavy atom. The number of carboxylic acids is 1. The summed E-state index contributed by atoms with van der Waals surface area (Å²) in [4.78, 5) is 39.7. The summed E-state index contributed by atoms with van der Waals surface area (Å²) in [5.41, 5.74) is -0.309. The number of carbonyl (C=O) groups is 3. The van der Waals surface area contributed by atoms with E-state index in [2.05, 4.69) is 5.32 Å². The molecule has 3 amide bonds. The van der Waals surface area contributed by atoms with Crippen LogP contribution >= 0.6 is 0 Å². The van der Waals surface area contributed by atoms with Crippen molar-refractivity contribution in [1.29, 1.82) is 0 Å². The zero-order chi connectivity index (χ0) is 20.8. The van der Waals surface area contributed by atoms with Crippen LogP contribution in [0.1, 0.15) is 38.3 Å². The predicted molar refractivity (Wildman–Crippen MR) is 97.5 cm³/mol. The van der Waals surface area contributed by atoms with Crippen LogP contribution in [0.3, 0.4) is 0 Å². The lowest BCUT2D eigenvalue weighted by Gasteiger charge is -2.35. The number of halogens is 2. The van der Waals surface area contributed by atoms with Crippen LogP contribution in [0.4, 0.5) is 13.6 Å². The van der Waals surface area contributed by atoms with Crippen LogP contribution in [-0.2, 0) is 9.59 Å². The second-order valence-corrected chi connectivity index (χ2v) is 6.66. The number of benzene rings is 1. The van der Waals surface area contributed by atoms with E-state index in [9.17, 15) is 28.3 Å². The first-order valence-corrected chi connectivity index (χ1v) is 9.30. The van der Waals surface area contributed by atoms with E-state index in [1.54, 1.807) is 9.80 Å². The molecule has 2 N–H and O–H groups in total. The van der Waals surface area contributed by atoms with Crippen molar-refractivity contribution in [2.75, 3.05) is 26.2 Å². The Kier molecular flexibility index (Phi) is 7.31. The Morgan fingerprint density at radius 3 is 2.32 bits per heavy atom. The van der Waals surface area contributed by atoms with Gasteiger partial charge in [0.1, 0.15) is 11.6 Å². The summed E-state index contributed by atoms with van der Waals surface area (Å²) in [5, 5.41) is 11.7. The van der Waals surface area contributed by atoms with Crippen LogP contribution in [0, 0.1) is 17.6 Å². The summed E-state index contributed by atoms with van der Waals surface area (Å²) in [6, 6.07) is 0.839. The van der Waals surface area contributed by atoms with Crippen molar-refractivity contribution in [2.45, 2.75) is 32.7 Å². The standard InChI is InChI=1S/C19H25F2N3O4/c1-3-23(4-2)19(28)24-9-7-12(8-10-24)17(25)22-16(18(26)27)14-6-5-13(20)11-15(14)21/h5-6,11-12,16H,3-4,7-10H2,1-2H3,(H,22,25)(H,26,27)/t16-/m0/s1. The molecule has 0 aliphatic carbocycles. The first-order valence-electron chi connectivity index (χ1n) is 9.30. The van der Waals surface area contributed by atoms with E-state index < -0.39 is 35.5 Å². The third-order valence-electron chi connectivity index (χ3n) is 4.98. The van der Waals surface area contributed by atoms with Gasteiger partial charge in [-0.1, -0.05) is 6.07 Å². The number of amides is 3. The zero-order valence-electron chi connectivity index (χ0n) is 16.0. The fourth-order valence-electron chi connectivity index (χ4n) is 3.30. The molecule has 0 saturated carbocycles. The number of rotatable bonds is 6. The Morgan fingerprint density at radius 1 is 1.21 bits per heavy atom. The maximum Gasteiger partial charge on any atom is 0.331 e. The highest BCUT2D eigenvalue weighted by atomic mass is 19.1. The molecule has 1 atom stereocenters. The van der Waals surface area contributed by atoms with Gasteiger partial charge in [-0.2, -0.15) is 0 Å². The molecular formula is C19H25F2N3O4. The minimum Gasteiger partial charge on any atom is -0.479 e. The van der Waals surface area contributed by atoms with Gasteiger partial charge in [-0.25, -0.2) is 18.4 Å². The maximum atomic E-state index is 13.9. The van der Waals surface area contributed by atoms with Gasteiger partial charge in [0.2, 0.25) is 5.91 Å². The first kappa shape index (κ1) is 21.6. The fourth-order valence-corrected chi connectivity index (χ4v) is 3.30. The van der Waals surface area contributed by atoms with Gasteiger partial charge in [0.25, 0.3) is 0 Å². The Bertz CT molecular complexity index is 732. The number of carbonyl (C=O) groups excluding carboxylic acids is 2. The van der Waals surface area contributed by atoms with E-state index in [1.165, 1.54) is 0 Å². The summed E-state index contributed by atoms with van der Waals surface area (Å²) in [5.74, 6) is -4.31. The highest BCUT2D eigenvalue weighted by molar-refractivity contribution is 5.86. The number of hydrogen-bond acceptors (Lipinski definition) is 3. The normalized spacial score (nSPS) is 15.8. The first-order chi connectivity index (χ1) is 13.3. The molecule has 1 aromatic carbocycles. The Hall–Kier alpha value is -2.71. The molecule has 1 fully saturated rings. The Labute approximate surface area is 162 Å². The summed E-state index contributed by atoms with van der Waals surface area (Å²) >= 11 is 0. The van der Waals surface area contributed by atoms with Crippen LogP contribution in [0.2, 0.25) is 0 Å². The molecule has 7 nitrogen and oxygen atoms in total. The van der Waals surface area contributed by atoms with Crippen LogP contribution in [0.15, 0.2) is 18.2 Å². The SMILES string of the molecule is CCN(CC)C(=O)N1CCC(C(=O)N[C@H](C(=O)O)c2ccc(F)cc2F)CC1. The molecule has 0 radical (unpaired) electrons. The highest BCUT2D eigenvalue weighted by Crippen LogP contribution is 2.22. The minimum atomic E-state index is -1.61. The quantitative estimate of drug-likeness (QED) is 0.771. The lowest BCUT2D eigenvalue weighted by atomic mass is 9.95. The van der Waals surface area contributed by atoms with Crippen molar-refractivity contribution in [2.24, 2.45) is 5.92 Å². The van der Waals surface area contributed by atoms with Gasteiger partial charge in [0.05, 0.1) is 0 Å². The lowest BCUT2D eigenvalue weighted by Crippen LogP contribution is -2.49. The van der Waals surface area contributed by atoms with Gasteiger partial charge in [0.15, 0.2) is 6.04 Å². The molecule has 1 heterocycles. The molecule has 1 saturated heterocycles. The van der Waals surface area contributed by atoms with Crippen LogP contribution in [-0.4, -0.2) is 59.0 Å². The van der Waals surface area contributed by atoms with E-state index in [1.807, 2.05) is 13.8 Å². The number of carboxylic acid groups (broad SMARTS) is 1. The molecule has 1 aliphatic rings.